The van der Waals surface area contributed by atoms with Crippen LogP contribution >= 0.6 is 0 Å². The van der Waals surface area contributed by atoms with Crippen LogP contribution in [0.2, 0.25) is 0 Å². The summed E-state index contributed by atoms with van der Waals surface area (Å²) in [4.78, 5) is 16.3. The summed E-state index contributed by atoms with van der Waals surface area (Å²) in [6, 6.07) is 25.1. The van der Waals surface area contributed by atoms with Gasteiger partial charge < -0.3 is 5.11 Å². The van der Waals surface area contributed by atoms with Crippen LogP contribution in [0.15, 0.2) is 78.9 Å². The third-order valence-corrected chi connectivity index (χ3v) is 5.19. The lowest BCUT2D eigenvalue weighted by molar-refractivity contribution is 0.0697. The maximum atomic E-state index is 11.5. The van der Waals surface area contributed by atoms with E-state index in [9.17, 15) is 9.90 Å². The summed E-state index contributed by atoms with van der Waals surface area (Å²) >= 11 is 0. The Labute approximate surface area is 187 Å². The molecule has 0 saturated carbocycles. The van der Waals surface area contributed by atoms with Crippen LogP contribution in [0, 0.1) is 11.8 Å². The van der Waals surface area contributed by atoms with Gasteiger partial charge in [-0.15, -0.1) is 5.92 Å². The molecule has 32 heavy (non-hydrogen) atoms. The Morgan fingerprint density at radius 2 is 1.59 bits per heavy atom. The molecule has 158 valence electrons. The normalized spacial score (nSPS) is 10.4. The summed E-state index contributed by atoms with van der Waals surface area (Å²) in [5.74, 6) is 6.69. The second-order valence-corrected chi connectivity index (χ2v) is 7.42. The van der Waals surface area contributed by atoms with E-state index in [2.05, 4.69) is 29.1 Å². The molecule has 0 radical (unpaired) electrons. The van der Waals surface area contributed by atoms with Crippen molar-refractivity contribution in [2.24, 2.45) is 0 Å². The molecular weight excluding hydrogens is 398 g/mol. The molecular formula is C27H23N3O2. The van der Waals surface area contributed by atoms with Gasteiger partial charge in [-0.05, 0) is 35.2 Å². The van der Waals surface area contributed by atoms with E-state index in [4.69, 9.17) is 4.98 Å². The molecule has 0 aliphatic carbocycles. The van der Waals surface area contributed by atoms with Gasteiger partial charge in [0.25, 0.3) is 0 Å². The van der Waals surface area contributed by atoms with E-state index < -0.39 is 5.97 Å². The SMILES string of the molecule is CC#CCn1nc(Cc2ccccc2)nc1Cc1ccc(-c2ccccc2C(=O)O)cc1. The minimum atomic E-state index is -0.930. The van der Waals surface area contributed by atoms with Gasteiger partial charge in [0.15, 0.2) is 5.82 Å². The van der Waals surface area contributed by atoms with Crippen molar-refractivity contribution in [3.05, 3.63) is 107 Å². The van der Waals surface area contributed by atoms with E-state index in [0.29, 0.717) is 30.5 Å². The third kappa shape index (κ3) is 4.93. The van der Waals surface area contributed by atoms with E-state index in [1.54, 1.807) is 12.1 Å². The van der Waals surface area contributed by atoms with E-state index in [1.165, 1.54) is 5.56 Å². The molecule has 0 bridgehead atoms. The molecule has 5 nitrogen and oxygen atoms in total. The predicted octanol–water partition coefficient (Wildman–Crippen LogP) is 4.85. The molecule has 3 aromatic carbocycles. The summed E-state index contributed by atoms with van der Waals surface area (Å²) < 4.78 is 1.86. The van der Waals surface area contributed by atoms with Crippen LogP contribution in [0.25, 0.3) is 11.1 Å². The summed E-state index contributed by atoms with van der Waals surface area (Å²) in [5.41, 5.74) is 4.11. The van der Waals surface area contributed by atoms with Crippen molar-refractivity contribution >= 4 is 5.97 Å². The van der Waals surface area contributed by atoms with E-state index in [-0.39, 0.29) is 0 Å². The minimum Gasteiger partial charge on any atom is -0.478 e. The number of carbonyl (C=O) groups is 1. The van der Waals surface area contributed by atoms with Gasteiger partial charge in [-0.25, -0.2) is 14.5 Å². The molecule has 1 aromatic heterocycles. The molecule has 5 heteroatoms. The van der Waals surface area contributed by atoms with Crippen LogP contribution < -0.4 is 0 Å². The topological polar surface area (TPSA) is 68.0 Å². The molecule has 0 unspecified atom stereocenters. The molecule has 0 saturated heterocycles. The van der Waals surface area contributed by atoms with Crippen LogP contribution in [0.3, 0.4) is 0 Å². The highest BCUT2D eigenvalue weighted by molar-refractivity contribution is 5.95. The zero-order valence-corrected chi connectivity index (χ0v) is 17.8. The highest BCUT2D eigenvalue weighted by atomic mass is 16.4. The first-order chi connectivity index (χ1) is 15.6. The Balaban J connectivity index is 1.58. The van der Waals surface area contributed by atoms with Crippen molar-refractivity contribution in [2.75, 3.05) is 0 Å². The maximum Gasteiger partial charge on any atom is 0.336 e. The fourth-order valence-electron chi connectivity index (χ4n) is 3.60. The smallest absolute Gasteiger partial charge is 0.336 e. The molecule has 4 rings (SSSR count). The lowest BCUT2D eigenvalue weighted by Crippen LogP contribution is -2.05. The Bertz CT molecular complexity index is 1280. The monoisotopic (exact) mass is 421 g/mol. The lowest BCUT2D eigenvalue weighted by Gasteiger charge is -2.08. The number of hydrogen-bond donors (Lipinski definition) is 1. The number of aromatic nitrogens is 3. The largest absolute Gasteiger partial charge is 0.478 e. The zero-order valence-electron chi connectivity index (χ0n) is 17.8. The number of rotatable bonds is 7. The molecule has 4 aromatic rings. The van der Waals surface area contributed by atoms with Gasteiger partial charge in [-0.3, -0.25) is 0 Å². The fraction of sp³-hybridized carbons (Fsp3) is 0.148. The predicted molar refractivity (Wildman–Crippen MR) is 124 cm³/mol. The van der Waals surface area contributed by atoms with E-state index >= 15 is 0 Å². The van der Waals surface area contributed by atoms with Gasteiger partial charge in [-0.2, -0.15) is 5.10 Å². The minimum absolute atomic E-state index is 0.295. The van der Waals surface area contributed by atoms with Gasteiger partial charge in [0.05, 0.1) is 5.56 Å². The molecule has 1 heterocycles. The van der Waals surface area contributed by atoms with Crippen molar-refractivity contribution in [1.82, 2.24) is 14.8 Å². The summed E-state index contributed by atoms with van der Waals surface area (Å²) in [7, 11) is 0. The van der Waals surface area contributed by atoms with Gasteiger partial charge in [0, 0.05) is 12.8 Å². The number of aromatic carboxylic acids is 1. The highest BCUT2D eigenvalue weighted by Crippen LogP contribution is 2.24. The van der Waals surface area contributed by atoms with Crippen LogP contribution in [0.4, 0.5) is 0 Å². The number of carboxylic acids is 1. The molecule has 0 aliphatic rings. The highest BCUT2D eigenvalue weighted by Gasteiger charge is 2.13. The molecule has 0 amide bonds. The van der Waals surface area contributed by atoms with Crippen molar-refractivity contribution < 1.29 is 9.90 Å². The second kappa shape index (κ2) is 9.76. The fourth-order valence-corrected chi connectivity index (χ4v) is 3.60. The number of carboxylic acid groups (broad SMARTS) is 1. The average Bonchev–Trinajstić information content (AvgIpc) is 3.19. The van der Waals surface area contributed by atoms with Crippen molar-refractivity contribution in [3.63, 3.8) is 0 Å². The van der Waals surface area contributed by atoms with E-state index in [0.717, 1.165) is 22.8 Å². The van der Waals surface area contributed by atoms with Gasteiger partial charge >= 0.3 is 5.97 Å². The summed E-state index contributed by atoms with van der Waals surface area (Å²) in [6.07, 6.45) is 1.29. The summed E-state index contributed by atoms with van der Waals surface area (Å²) in [5, 5.41) is 14.1. The Morgan fingerprint density at radius 3 is 2.31 bits per heavy atom. The van der Waals surface area contributed by atoms with Crippen molar-refractivity contribution in [3.8, 4) is 23.0 Å². The van der Waals surface area contributed by atoms with Gasteiger partial charge in [-0.1, -0.05) is 78.7 Å². The average molecular weight is 422 g/mol. The molecule has 0 fully saturated rings. The van der Waals surface area contributed by atoms with E-state index in [1.807, 2.05) is 66.2 Å². The second-order valence-electron chi connectivity index (χ2n) is 7.42. The lowest BCUT2D eigenvalue weighted by atomic mass is 9.98. The van der Waals surface area contributed by atoms with Gasteiger partial charge in [0.1, 0.15) is 12.4 Å². The van der Waals surface area contributed by atoms with Crippen LogP contribution in [-0.2, 0) is 19.4 Å². The molecule has 0 spiro atoms. The zero-order chi connectivity index (χ0) is 22.3. The summed E-state index contributed by atoms with van der Waals surface area (Å²) in [6.45, 7) is 2.31. The van der Waals surface area contributed by atoms with Crippen LogP contribution in [-0.4, -0.2) is 25.8 Å². The molecule has 0 aliphatic heterocycles. The number of hydrogen-bond acceptors (Lipinski definition) is 3. The number of benzene rings is 3. The Hall–Kier alpha value is -4.17. The quantitative estimate of drug-likeness (QED) is 0.433. The Kier molecular flexibility index (Phi) is 6.43. The first-order valence-electron chi connectivity index (χ1n) is 10.4. The van der Waals surface area contributed by atoms with Crippen molar-refractivity contribution in [1.29, 1.82) is 0 Å². The third-order valence-electron chi connectivity index (χ3n) is 5.19. The Morgan fingerprint density at radius 1 is 0.906 bits per heavy atom. The first kappa shape index (κ1) is 21.1. The van der Waals surface area contributed by atoms with Gasteiger partial charge in [0.2, 0.25) is 0 Å². The standard InChI is InChI=1S/C27H23N3O2/c1-2-3-17-30-26(28-25(29-30)18-20-9-5-4-6-10-20)19-21-13-15-22(16-14-21)23-11-7-8-12-24(23)27(31)32/h4-16H,17-19H2,1H3,(H,31,32). The first-order valence-corrected chi connectivity index (χ1v) is 10.4. The number of nitrogens with zero attached hydrogens (tertiary/aromatic N) is 3. The van der Waals surface area contributed by atoms with Crippen molar-refractivity contribution in [2.45, 2.75) is 26.3 Å². The molecule has 1 N–H and O–H groups in total. The van der Waals surface area contributed by atoms with Crippen LogP contribution in [0.1, 0.15) is 40.1 Å². The molecule has 0 atom stereocenters. The maximum absolute atomic E-state index is 11.5. The van der Waals surface area contributed by atoms with Crippen LogP contribution in [0.5, 0.6) is 0 Å².